The third-order valence-electron chi connectivity index (χ3n) is 0.948. The maximum Gasteiger partial charge on any atom is 0.00474 e. The van der Waals surface area contributed by atoms with E-state index >= 15 is 0 Å². The average molecular weight is 125 g/mol. The standard InChI is InChI=1S/C6H11N3/c1-2-3-4-5-6-8-9-7/h5-6H,2-4H2,1H3/b6-5+. The molecule has 0 aromatic carbocycles. The van der Waals surface area contributed by atoms with Crippen molar-refractivity contribution in [2.24, 2.45) is 5.11 Å². The minimum absolute atomic E-state index is 1.01. The van der Waals surface area contributed by atoms with Crippen LogP contribution in [0.5, 0.6) is 0 Å². The van der Waals surface area contributed by atoms with Crippen LogP contribution in [0.3, 0.4) is 0 Å². The minimum atomic E-state index is 1.01. The lowest BCUT2D eigenvalue weighted by Crippen LogP contribution is -1.64. The number of nitrogens with zero attached hydrogens (tertiary/aromatic N) is 3. The molecule has 0 saturated carbocycles. The predicted molar refractivity (Wildman–Crippen MR) is 37.8 cm³/mol. The minimum Gasteiger partial charge on any atom is -0.0823 e. The topological polar surface area (TPSA) is 48.8 Å². The highest BCUT2D eigenvalue weighted by molar-refractivity contribution is 4.78. The molecule has 0 bridgehead atoms. The van der Waals surface area contributed by atoms with Crippen LogP contribution in [-0.2, 0) is 0 Å². The van der Waals surface area contributed by atoms with Gasteiger partial charge in [0.1, 0.15) is 0 Å². The molecule has 0 radical (unpaired) electrons. The summed E-state index contributed by atoms with van der Waals surface area (Å²) in [6.07, 6.45) is 6.73. The number of unbranched alkanes of at least 4 members (excludes halogenated alkanes) is 2. The Kier molecular flexibility index (Phi) is 6.31. The molecule has 0 amide bonds. The van der Waals surface area contributed by atoms with Gasteiger partial charge in [-0.1, -0.05) is 31.0 Å². The molecule has 0 heterocycles. The molecule has 0 N–H and O–H groups in total. The summed E-state index contributed by atoms with van der Waals surface area (Å²) in [5, 5.41) is 3.24. The summed E-state index contributed by atoms with van der Waals surface area (Å²) < 4.78 is 0. The van der Waals surface area contributed by atoms with Crippen molar-refractivity contribution in [3.63, 3.8) is 0 Å². The van der Waals surface area contributed by atoms with E-state index in [0.29, 0.717) is 0 Å². The molecule has 0 aliphatic heterocycles. The Morgan fingerprint density at radius 3 is 3.00 bits per heavy atom. The predicted octanol–water partition coefficient (Wildman–Crippen LogP) is 3.00. The molecule has 0 aliphatic rings. The zero-order chi connectivity index (χ0) is 6.95. The van der Waals surface area contributed by atoms with Crippen molar-refractivity contribution < 1.29 is 0 Å². The van der Waals surface area contributed by atoms with E-state index in [1.54, 1.807) is 0 Å². The van der Waals surface area contributed by atoms with Gasteiger partial charge in [0.25, 0.3) is 0 Å². The van der Waals surface area contributed by atoms with Crippen LogP contribution in [0, 0.1) is 0 Å². The zero-order valence-corrected chi connectivity index (χ0v) is 5.62. The second-order valence-corrected chi connectivity index (χ2v) is 1.73. The summed E-state index contributed by atoms with van der Waals surface area (Å²) in [5.74, 6) is 0. The summed E-state index contributed by atoms with van der Waals surface area (Å²) in [7, 11) is 0. The summed E-state index contributed by atoms with van der Waals surface area (Å²) in [6.45, 7) is 2.13. The van der Waals surface area contributed by atoms with Crippen molar-refractivity contribution in [1.82, 2.24) is 0 Å². The molecule has 50 valence electrons. The molecule has 3 heteroatoms. The first-order valence-electron chi connectivity index (χ1n) is 3.11. The number of hydrogen-bond acceptors (Lipinski definition) is 1. The van der Waals surface area contributed by atoms with Gasteiger partial charge in [0.15, 0.2) is 0 Å². The van der Waals surface area contributed by atoms with Gasteiger partial charge in [-0.3, -0.25) is 0 Å². The number of azide groups is 1. The first kappa shape index (κ1) is 8.05. The summed E-state index contributed by atoms with van der Waals surface area (Å²) in [4.78, 5) is 2.57. The van der Waals surface area contributed by atoms with Crippen LogP contribution in [0.15, 0.2) is 17.4 Å². The molecule has 0 fully saturated rings. The first-order chi connectivity index (χ1) is 4.41. The molecule has 0 aliphatic carbocycles. The number of allylic oxidation sites excluding steroid dienone is 1. The maximum absolute atomic E-state index is 7.83. The van der Waals surface area contributed by atoms with Crippen LogP contribution in [-0.4, -0.2) is 0 Å². The second kappa shape index (κ2) is 7.05. The molecule has 9 heavy (non-hydrogen) atoms. The largest absolute Gasteiger partial charge is 0.0823 e. The Morgan fingerprint density at radius 2 is 2.44 bits per heavy atom. The number of hydrogen-bond donors (Lipinski definition) is 0. The Bertz CT molecular complexity index is 122. The highest BCUT2D eigenvalue weighted by atomic mass is 15.1. The van der Waals surface area contributed by atoms with E-state index in [4.69, 9.17) is 5.53 Å². The van der Waals surface area contributed by atoms with Crippen molar-refractivity contribution in [3.8, 4) is 0 Å². The fourth-order valence-corrected chi connectivity index (χ4v) is 0.473. The molecule has 0 saturated heterocycles. The molecular formula is C6H11N3. The fraction of sp³-hybridized carbons (Fsp3) is 0.667. The van der Waals surface area contributed by atoms with E-state index in [2.05, 4.69) is 16.9 Å². The molecule has 0 atom stereocenters. The second-order valence-electron chi connectivity index (χ2n) is 1.73. The van der Waals surface area contributed by atoms with Gasteiger partial charge in [0, 0.05) is 4.91 Å². The molecule has 0 spiro atoms. The quantitative estimate of drug-likeness (QED) is 0.240. The Labute approximate surface area is 55.0 Å². The van der Waals surface area contributed by atoms with Crippen LogP contribution in [0.1, 0.15) is 26.2 Å². The van der Waals surface area contributed by atoms with E-state index in [-0.39, 0.29) is 0 Å². The van der Waals surface area contributed by atoms with Crippen LogP contribution in [0.4, 0.5) is 0 Å². The lowest BCUT2D eigenvalue weighted by atomic mass is 10.2. The summed E-state index contributed by atoms with van der Waals surface area (Å²) in [5.41, 5.74) is 7.83. The SMILES string of the molecule is CCCC/C=C/N=[N+]=[N-]. The van der Waals surface area contributed by atoms with Gasteiger partial charge < -0.3 is 0 Å². The first-order valence-corrected chi connectivity index (χ1v) is 3.11. The van der Waals surface area contributed by atoms with Crippen molar-refractivity contribution in [2.45, 2.75) is 26.2 Å². The molecular weight excluding hydrogens is 114 g/mol. The Hall–Kier alpha value is -0.950. The maximum atomic E-state index is 7.83. The van der Waals surface area contributed by atoms with Gasteiger partial charge in [-0.25, -0.2) is 0 Å². The summed E-state index contributed by atoms with van der Waals surface area (Å²) >= 11 is 0. The van der Waals surface area contributed by atoms with Gasteiger partial charge in [-0.05, 0) is 18.2 Å². The Balaban J connectivity index is 3.14. The normalized spacial score (nSPS) is 9.44. The van der Waals surface area contributed by atoms with Gasteiger partial charge in [-0.2, -0.15) is 0 Å². The average Bonchev–Trinajstić information content (AvgIpc) is 1.89. The monoisotopic (exact) mass is 125 g/mol. The van der Waals surface area contributed by atoms with Crippen molar-refractivity contribution >= 4 is 0 Å². The molecule has 0 unspecified atom stereocenters. The van der Waals surface area contributed by atoms with Crippen LogP contribution in [0.2, 0.25) is 0 Å². The van der Waals surface area contributed by atoms with E-state index < -0.39 is 0 Å². The third kappa shape index (κ3) is 7.05. The molecule has 3 nitrogen and oxygen atoms in total. The third-order valence-corrected chi connectivity index (χ3v) is 0.948. The van der Waals surface area contributed by atoms with Gasteiger partial charge >= 0.3 is 0 Å². The van der Waals surface area contributed by atoms with Crippen LogP contribution < -0.4 is 0 Å². The Morgan fingerprint density at radius 1 is 1.67 bits per heavy atom. The van der Waals surface area contributed by atoms with E-state index in [1.807, 2.05) is 6.08 Å². The van der Waals surface area contributed by atoms with Crippen molar-refractivity contribution in [1.29, 1.82) is 0 Å². The van der Waals surface area contributed by atoms with Crippen LogP contribution in [0.25, 0.3) is 10.4 Å². The highest BCUT2D eigenvalue weighted by Crippen LogP contribution is 1.94. The molecule has 0 aromatic rings. The molecule has 0 aromatic heterocycles. The smallest absolute Gasteiger partial charge is 0.00474 e. The summed E-state index contributed by atoms with van der Waals surface area (Å²) in [6, 6.07) is 0. The highest BCUT2D eigenvalue weighted by Gasteiger charge is 1.74. The van der Waals surface area contributed by atoms with Crippen molar-refractivity contribution in [3.05, 3.63) is 22.7 Å². The number of rotatable bonds is 4. The molecule has 0 rings (SSSR count). The van der Waals surface area contributed by atoms with E-state index in [0.717, 1.165) is 12.8 Å². The lowest BCUT2D eigenvalue weighted by molar-refractivity contribution is 0.813. The van der Waals surface area contributed by atoms with Gasteiger partial charge in [0.05, 0.1) is 0 Å². The van der Waals surface area contributed by atoms with Crippen molar-refractivity contribution in [2.75, 3.05) is 0 Å². The van der Waals surface area contributed by atoms with E-state index in [1.165, 1.54) is 12.6 Å². The lowest BCUT2D eigenvalue weighted by Gasteiger charge is -1.83. The van der Waals surface area contributed by atoms with E-state index in [9.17, 15) is 0 Å². The fourth-order valence-electron chi connectivity index (χ4n) is 0.473. The van der Waals surface area contributed by atoms with Crippen LogP contribution >= 0.6 is 0 Å². The van der Waals surface area contributed by atoms with Gasteiger partial charge in [-0.15, -0.1) is 0 Å². The van der Waals surface area contributed by atoms with Gasteiger partial charge in [0.2, 0.25) is 0 Å². The zero-order valence-electron chi connectivity index (χ0n) is 5.62.